The number of hydrogen-bond acceptors (Lipinski definition) is 2. The van der Waals surface area contributed by atoms with Crippen LogP contribution in [0.1, 0.15) is 31.7 Å². The van der Waals surface area contributed by atoms with Crippen molar-refractivity contribution in [3.8, 4) is 0 Å². The van der Waals surface area contributed by atoms with Crippen molar-refractivity contribution >= 4 is 0 Å². The first-order valence-electron chi connectivity index (χ1n) is 6.85. The van der Waals surface area contributed by atoms with Gasteiger partial charge in [0, 0.05) is 18.5 Å². The van der Waals surface area contributed by atoms with E-state index >= 15 is 0 Å². The second kappa shape index (κ2) is 5.81. The summed E-state index contributed by atoms with van der Waals surface area (Å²) in [5.41, 5.74) is -0.333. The lowest BCUT2D eigenvalue weighted by atomic mass is 10.1. The van der Waals surface area contributed by atoms with Crippen LogP contribution in [0.2, 0.25) is 0 Å². The monoisotopic (exact) mass is 250 g/mol. The zero-order valence-electron chi connectivity index (χ0n) is 11.2. The van der Waals surface area contributed by atoms with E-state index in [-0.39, 0.29) is 6.04 Å². The Morgan fingerprint density at radius 1 is 1.39 bits per heavy atom. The molecule has 0 aliphatic heterocycles. The first-order valence-corrected chi connectivity index (χ1v) is 6.85. The number of nitrogens with one attached hydrogen (secondary N) is 2. The minimum atomic E-state index is -1.14. The van der Waals surface area contributed by atoms with Gasteiger partial charge in [-0.15, -0.1) is 0 Å². The Labute approximate surface area is 109 Å². The van der Waals surface area contributed by atoms with Gasteiger partial charge in [0.25, 0.3) is 0 Å². The van der Waals surface area contributed by atoms with Crippen molar-refractivity contribution in [2.45, 2.75) is 43.9 Å². The summed E-state index contributed by atoms with van der Waals surface area (Å²) in [7, 11) is 1.95. The van der Waals surface area contributed by atoms with Crippen LogP contribution in [-0.4, -0.2) is 25.7 Å². The average molecular weight is 250 g/mol. The number of rotatable bonds is 7. The third-order valence-electron chi connectivity index (χ3n) is 3.82. The van der Waals surface area contributed by atoms with Crippen LogP contribution in [0.15, 0.2) is 30.3 Å². The van der Waals surface area contributed by atoms with E-state index in [1.54, 1.807) is 0 Å². The Bertz CT molecular complexity index is 368. The molecule has 0 spiro atoms. The number of halogens is 1. The highest BCUT2D eigenvalue weighted by molar-refractivity contribution is 5.32. The molecule has 3 atom stereocenters. The standard InChI is InChI=1S/C15H23FN2/c1-3-13(9-10-17-2)18-14-11-15(14,16)12-7-5-4-6-8-12/h4-8,13-14,17-18H,3,9-11H2,1-2H3/t13?,14?,15-/m1/s1. The van der Waals surface area contributed by atoms with Crippen LogP contribution in [0.5, 0.6) is 0 Å². The molecule has 0 aromatic heterocycles. The highest BCUT2D eigenvalue weighted by atomic mass is 19.1. The van der Waals surface area contributed by atoms with Crippen LogP contribution in [-0.2, 0) is 5.67 Å². The smallest absolute Gasteiger partial charge is 0.152 e. The molecule has 1 saturated carbocycles. The quantitative estimate of drug-likeness (QED) is 0.777. The summed E-state index contributed by atoms with van der Waals surface area (Å²) in [5.74, 6) is 0. The molecule has 1 aromatic rings. The normalized spacial score (nSPS) is 28.1. The van der Waals surface area contributed by atoms with Crippen molar-refractivity contribution in [3.05, 3.63) is 35.9 Å². The molecular weight excluding hydrogens is 227 g/mol. The van der Waals surface area contributed by atoms with E-state index in [9.17, 15) is 4.39 Å². The van der Waals surface area contributed by atoms with Crippen LogP contribution in [0.25, 0.3) is 0 Å². The lowest BCUT2D eigenvalue weighted by Gasteiger charge is -2.18. The van der Waals surface area contributed by atoms with E-state index in [1.807, 2.05) is 37.4 Å². The molecular formula is C15H23FN2. The van der Waals surface area contributed by atoms with E-state index in [4.69, 9.17) is 0 Å². The maximum Gasteiger partial charge on any atom is 0.152 e. The maximum absolute atomic E-state index is 14.6. The highest BCUT2D eigenvalue weighted by Crippen LogP contribution is 2.50. The van der Waals surface area contributed by atoms with Gasteiger partial charge in [-0.2, -0.15) is 0 Å². The third kappa shape index (κ3) is 2.90. The van der Waals surface area contributed by atoms with Gasteiger partial charge in [0.15, 0.2) is 5.67 Å². The highest BCUT2D eigenvalue weighted by Gasteiger charge is 2.56. The van der Waals surface area contributed by atoms with Gasteiger partial charge in [-0.3, -0.25) is 0 Å². The average Bonchev–Trinajstić information content (AvgIpc) is 3.07. The van der Waals surface area contributed by atoms with Crippen LogP contribution in [0, 0.1) is 0 Å². The van der Waals surface area contributed by atoms with E-state index in [0.29, 0.717) is 12.5 Å². The van der Waals surface area contributed by atoms with Gasteiger partial charge in [0.2, 0.25) is 0 Å². The Kier molecular flexibility index (Phi) is 4.36. The molecule has 2 N–H and O–H groups in total. The lowest BCUT2D eigenvalue weighted by molar-refractivity contribution is 0.281. The van der Waals surface area contributed by atoms with Gasteiger partial charge < -0.3 is 10.6 Å². The zero-order valence-corrected chi connectivity index (χ0v) is 11.2. The second-order valence-corrected chi connectivity index (χ2v) is 5.15. The molecule has 0 saturated heterocycles. The molecule has 18 heavy (non-hydrogen) atoms. The fraction of sp³-hybridized carbons (Fsp3) is 0.600. The maximum atomic E-state index is 14.6. The lowest BCUT2D eigenvalue weighted by Crippen LogP contribution is -2.35. The number of benzene rings is 1. The molecule has 1 aromatic carbocycles. The molecule has 0 radical (unpaired) electrons. The molecule has 3 heteroatoms. The molecule has 2 unspecified atom stereocenters. The largest absolute Gasteiger partial charge is 0.320 e. The number of alkyl halides is 1. The van der Waals surface area contributed by atoms with Crippen molar-refractivity contribution in [2.24, 2.45) is 0 Å². The summed E-state index contributed by atoms with van der Waals surface area (Å²) < 4.78 is 14.6. The SMILES string of the molecule is CCC(CCNC)NC1C[C@@]1(F)c1ccccc1. The third-order valence-corrected chi connectivity index (χ3v) is 3.82. The Morgan fingerprint density at radius 2 is 2.11 bits per heavy atom. The predicted octanol–water partition coefficient (Wildman–Crippen LogP) is 2.60. The topological polar surface area (TPSA) is 24.1 Å². The van der Waals surface area contributed by atoms with Crippen molar-refractivity contribution in [1.29, 1.82) is 0 Å². The van der Waals surface area contributed by atoms with Crippen molar-refractivity contribution in [3.63, 3.8) is 0 Å². The molecule has 1 fully saturated rings. The molecule has 2 rings (SSSR count). The summed E-state index contributed by atoms with van der Waals surface area (Å²) in [6, 6.07) is 9.91. The number of hydrogen-bond donors (Lipinski definition) is 2. The second-order valence-electron chi connectivity index (χ2n) is 5.15. The minimum absolute atomic E-state index is 0.0123. The molecule has 0 bridgehead atoms. The van der Waals surface area contributed by atoms with E-state index < -0.39 is 5.67 Å². The first-order chi connectivity index (χ1) is 8.70. The molecule has 2 nitrogen and oxygen atoms in total. The van der Waals surface area contributed by atoms with Crippen molar-refractivity contribution < 1.29 is 4.39 Å². The Hall–Kier alpha value is -0.930. The van der Waals surface area contributed by atoms with Gasteiger partial charge in [-0.05, 0) is 32.0 Å². The summed E-state index contributed by atoms with van der Waals surface area (Å²) in [4.78, 5) is 0. The Morgan fingerprint density at radius 3 is 2.72 bits per heavy atom. The molecule has 0 heterocycles. The first kappa shape index (κ1) is 13.5. The summed E-state index contributed by atoms with van der Waals surface area (Å²) >= 11 is 0. The van der Waals surface area contributed by atoms with Gasteiger partial charge in [-0.1, -0.05) is 37.3 Å². The van der Waals surface area contributed by atoms with E-state index in [0.717, 1.165) is 24.9 Å². The van der Waals surface area contributed by atoms with E-state index in [2.05, 4.69) is 17.6 Å². The van der Waals surface area contributed by atoms with Gasteiger partial charge in [-0.25, -0.2) is 4.39 Å². The minimum Gasteiger partial charge on any atom is -0.320 e. The summed E-state index contributed by atoms with van der Waals surface area (Å²) in [6.07, 6.45) is 2.70. The summed E-state index contributed by atoms with van der Waals surface area (Å²) in [5, 5.41) is 6.59. The van der Waals surface area contributed by atoms with E-state index in [1.165, 1.54) is 0 Å². The van der Waals surface area contributed by atoms with Gasteiger partial charge in [0.05, 0.1) is 0 Å². The van der Waals surface area contributed by atoms with Gasteiger partial charge >= 0.3 is 0 Å². The predicted molar refractivity (Wildman–Crippen MR) is 73.4 cm³/mol. The fourth-order valence-electron chi connectivity index (χ4n) is 2.47. The van der Waals surface area contributed by atoms with Crippen molar-refractivity contribution in [2.75, 3.05) is 13.6 Å². The van der Waals surface area contributed by atoms with Crippen LogP contribution >= 0.6 is 0 Å². The van der Waals surface area contributed by atoms with Crippen LogP contribution in [0.3, 0.4) is 0 Å². The van der Waals surface area contributed by atoms with Crippen LogP contribution < -0.4 is 10.6 Å². The molecule has 100 valence electrons. The summed E-state index contributed by atoms with van der Waals surface area (Å²) in [6.45, 7) is 3.13. The Balaban J connectivity index is 1.90. The fourth-order valence-corrected chi connectivity index (χ4v) is 2.47. The zero-order chi connectivity index (χ0) is 13.0. The van der Waals surface area contributed by atoms with Crippen LogP contribution in [0.4, 0.5) is 4.39 Å². The molecule has 1 aliphatic carbocycles. The van der Waals surface area contributed by atoms with Gasteiger partial charge in [0.1, 0.15) is 0 Å². The molecule has 1 aliphatic rings. The molecule has 0 amide bonds. The van der Waals surface area contributed by atoms with Crippen molar-refractivity contribution in [1.82, 2.24) is 10.6 Å².